The van der Waals surface area contributed by atoms with Crippen LogP contribution in [0, 0.1) is 5.92 Å². The highest BCUT2D eigenvalue weighted by Crippen LogP contribution is 2.09. The van der Waals surface area contributed by atoms with Crippen LogP contribution in [0.1, 0.15) is 52.4 Å². The summed E-state index contributed by atoms with van der Waals surface area (Å²) in [6.45, 7) is 8.52. The van der Waals surface area contributed by atoms with Crippen LogP contribution in [0.3, 0.4) is 0 Å². The van der Waals surface area contributed by atoms with Gasteiger partial charge in [0.15, 0.2) is 0 Å². The summed E-state index contributed by atoms with van der Waals surface area (Å²) in [5.74, 6) is 0.372. The summed E-state index contributed by atoms with van der Waals surface area (Å²) in [5.41, 5.74) is 0. The van der Waals surface area contributed by atoms with Crippen LogP contribution in [-0.2, 0) is 4.79 Å². The second-order valence-corrected chi connectivity index (χ2v) is 5.21. The molecule has 1 atom stereocenters. The van der Waals surface area contributed by atoms with Gasteiger partial charge in [0.05, 0.1) is 0 Å². The number of carbonyl (C=O) groups excluding carboxylic acids is 1. The maximum absolute atomic E-state index is 11.6. The molecule has 0 spiro atoms. The lowest BCUT2D eigenvalue weighted by Gasteiger charge is -2.19. The highest BCUT2D eigenvalue weighted by atomic mass is 16.1. The molecule has 0 saturated carbocycles. The van der Waals surface area contributed by atoms with Crippen molar-refractivity contribution in [3.8, 4) is 0 Å². The molecule has 100 valence electrons. The molecule has 1 aliphatic rings. The van der Waals surface area contributed by atoms with Crippen molar-refractivity contribution in [3.63, 3.8) is 0 Å². The lowest BCUT2D eigenvalue weighted by Crippen LogP contribution is -2.33. The highest BCUT2D eigenvalue weighted by molar-refractivity contribution is 5.78. The van der Waals surface area contributed by atoms with E-state index in [1.54, 1.807) is 0 Å². The van der Waals surface area contributed by atoms with Crippen LogP contribution in [0.2, 0.25) is 0 Å². The number of hydrogen-bond acceptors (Lipinski definition) is 2. The van der Waals surface area contributed by atoms with Crippen molar-refractivity contribution in [2.45, 2.75) is 52.4 Å². The van der Waals surface area contributed by atoms with Gasteiger partial charge in [-0.3, -0.25) is 4.79 Å². The van der Waals surface area contributed by atoms with Crippen LogP contribution < -0.4 is 5.32 Å². The van der Waals surface area contributed by atoms with Gasteiger partial charge in [0.25, 0.3) is 0 Å². The molecule has 0 aromatic carbocycles. The standard InChI is InChI=1S/C14H28N2O/c1-3-13(2)14(17)15-9-8-12-16-10-6-4-5-7-11-16/h13H,3-12H2,1-2H3,(H,15,17). The predicted molar refractivity (Wildman–Crippen MR) is 72.0 cm³/mol. The molecule has 0 aromatic rings. The van der Waals surface area contributed by atoms with E-state index in [2.05, 4.69) is 17.1 Å². The molecule has 3 nitrogen and oxygen atoms in total. The largest absolute Gasteiger partial charge is 0.356 e. The van der Waals surface area contributed by atoms with E-state index in [1.165, 1.54) is 38.8 Å². The lowest BCUT2D eigenvalue weighted by molar-refractivity contribution is -0.124. The molecule has 0 bridgehead atoms. The Hall–Kier alpha value is -0.570. The van der Waals surface area contributed by atoms with Crippen LogP contribution in [0.15, 0.2) is 0 Å². The first-order valence-electron chi connectivity index (χ1n) is 7.24. The summed E-state index contributed by atoms with van der Waals surface area (Å²) in [4.78, 5) is 14.1. The number of hydrogen-bond donors (Lipinski definition) is 1. The fourth-order valence-electron chi connectivity index (χ4n) is 2.23. The van der Waals surface area contributed by atoms with Crippen molar-refractivity contribution < 1.29 is 4.79 Å². The van der Waals surface area contributed by atoms with Gasteiger partial charge in [0.1, 0.15) is 0 Å². The Morgan fingerprint density at radius 1 is 1.24 bits per heavy atom. The second kappa shape index (κ2) is 8.51. The Balaban J connectivity index is 2.04. The predicted octanol–water partition coefficient (Wildman–Crippen LogP) is 2.41. The Kier molecular flexibility index (Phi) is 7.25. The zero-order valence-electron chi connectivity index (χ0n) is 11.5. The summed E-state index contributed by atoms with van der Waals surface area (Å²) in [7, 11) is 0. The molecule has 0 radical (unpaired) electrons. The van der Waals surface area contributed by atoms with Gasteiger partial charge in [0.2, 0.25) is 5.91 Å². The zero-order valence-corrected chi connectivity index (χ0v) is 11.5. The van der Waals surface area contributed by atoms with E-state index in [9.17, 15) is 4.79 Å². The molecule has 1 rings (SSSR count). The van der Waals surface area contributed by atoms with Crippen molar-refractivity contribution >= 4 is 5.91 Å². The van der Waals surface area contributed by atoms with Crippen molar-refractivity contribution in [2.75, 3.05) is 26.2 Å². The van der Waals surface area contributed by atoms with Crippen LogP contribution in [-0.4, -0.2) is 37.0 Å². The zero-order chi connectivity index (χ0) is 12.5. The summed E-state index contributed by atoms with van der Waals surface area (Å²) in [6.07, 6.45) is 7.49. The summed E-state index contributed by atoms with van der Waals surface area (Å²) in [6, 6.07) is 0. The molecule has 1 saturated heterocycles. The Labute approximate surface area is 106 Å². The fourth-order valence-corrected chi connectivity index (χ4v) is 2.23. The molecule has 1 aliphatic heterocycles. The van der Waals surface area contributed by atoms with Crippen LogP contribution >= 0.6 is 0 Å². The van der Waals surface area contributed by atoms with Crippen molar-refractivity contribution in [1.82, 2.24) is 10.2 Å². The normalized spacial score (nSPS) is 19.6. The summed E-state index contributed by atoms with van der Waals surface area (Å²) < 4.78 is 0. The van der Waals surface area contributed by atoms with Crippen molar-refractivity contribution in [3.05, 3.63) is 0 Å². The molecule has 3 heteroatoms. The van der Waals surface area contributed by atoms with Crippen molar-refractivity contribution in [2.24, 2.45) is 5.92 Å². The van der Waals surface area contributed by atoms with Crippen LogP contribution in [0.25, 0.3) is 0 Å². The van der Waals surface area contributed by atoms with Gasteiger partial charge in [-0.15, -0.1) is 0 Å². The minimum absolute atomic E-state index is 0.160. The molecular formula is C14H28N2O. The molecular weight excluding hydrogens is 212 g/mol. The minimum atomic E-state index is 0.160. The first-order chi connectivity index (χ1) is 8.24. The van der Waals surface area contributed by atoms with E-state index < -0.39 is 0 Å². The van der Waals surface area contributed by atoms with E-state index >= 15 is 0 Å². The van der Waals surface area contributed by atoms with E-state index in [0.29, 0.717) is 0 Å². The van der Waals surface area contributed by atoms with E-state index in [1.807, 2.05) is 6.92 Å². The van der Waals surface area contributed by atoms with E-state index in [0.717, 1.165) is 25.9 Å². The molecule has 0 aromatic heterocycles. The molecule has 1 unspecified atom stereocenters. The molecule has 1 N–H and O–H groups in total. The second-order valence-electron chi connectivity index (χ2n) is 5.21. The third kappa shape index (κ3) is 6.06. The molecule has 1 amide bonds. The fraction of sp³-hybridized carbons (Fsp3) is 0.929. The average molecular weight is 240 g/mol. The van der Waals surface area contributed by atoms with E-state index in [-0.39, 0.29) is 11.8 Å². The quantitative estimate of drug-likeness (QED) is 0.723. The molecule has 17 heavy (non-hydrogen) atoms. The number of amides is 1. The SMILES string of the molecule is CCC(C)C(=O)NCCCN1CCCCCC1. The third-order valence-electron chi connectivity index (χ3n) is 3.71. The number of carbonyl (C=O) groups is 1. The van der Waals surface area contributed by atoms with E-state index in [4.69, 9.17) is 0 Å². The highest BCUT2D eigenvalue weighted by Gasteiger charge is 2.10. The number of rotatable bonds is 6. The van der Waals surface area contributed by atoms with Gasteiger partial charge in [-0.1, -0.05) is 26.7 Å². The van der Waals surface area contributed by atoms with Gasteiger partial charge < -0.3 is 10.2 Å². The number of likely N-dealkylation sites (tertiary alicyclic amines) is 1. The monoisotopic (exact) mass is 240 g/mol. The lowest BCUT2D eigenvalue weighted by atomic mass is 10.1. The smallest absolute Gasteiger partial charge is 0.222 e. The number of nitrogens with one attached hydrogen (secondary N) is 1. The van der Waals surface area contributed by atoms with Gasteiger partial charge in [0, 0.05) is 12.5 Å². The first-order valence-corrected chi connectivity index (χ1v) is 7.24. The van der Waals surface area contributed by atoms with Gasteiger partial charge >= 0.3 is 0 Å². The third-order valence-corrected chi connectivity index (χ3v) is 3.71. The Morgan fingerprint density at radius 2 is 1.88 bits per heavy atom. The number of nitrogens with zero attached hydrogens (tertiary/aromatic N) is 1. The molecule has 1 heterocycles. The van der Waals surface area contributed by atoms with Crippen LogP contribution in [0.5, 0.6) is 0 Å². The van der Waals surface area contributed by atoms with Gasteiger partial charge in [-0.2, -0.15) is 0 Å². The Morgan fingerprint density at radius 3 is 2.47 bits per heavy atom. The molecule has 0 aliphatic carbocycles. The van der Waals surface area contributed by atoms with Gasteiger partial charge in [-0.25, -0.2) is 0 Å². The maximum atomic E-state index is 11.6. The summed E-state index contributed by atoms with van der Waals surface area (Å²) in [5, 5.41) is 3.02. The topological polar surface area (TPSA) is 32.3 Å². The Bertz CT molecular complexity index is 210. The maximum Gasteiger partial charge on any atom is 0.222 e. The van der Waals surface area contributed by atoms with Crippen LogP contribution in [0.4, 0.5) is 0 Å². The average Bonchev–Trinajstić information content (AvgIpc) is 2.61. The van der Waals surface area contributed by atoms with Crippen molar-refractivity contribution in [1.29, 1.82) is 0 Å². The minimum Gasteiger partial charge on any atom is -0.356 e. The molecule has 1 fully saturated rings. The first kappa shape index (κ1) is 14.5. The van der Waals surface area contributed by atoms with Gasteiger partial charge in [-0.05, 0) is 45.3 Å². The summed E-state index contributed by atoms with van der Waals surface area (Å²) >= 11 is 0.